The molecule has 0 bridgehead atoms. The normalized spacial score (nSPS) is 33.1. The number of aliphatic hydroxyl groups excluding tert-OH is 1. The standard InChI is InChI=1S/C13H15ClO2/c1-13(8-2-3-8)7-11(15)10-6-9(14)4-5-12(10)16-13/h4-6,8,11,15H,2-3,7H2,1H3/t11-,13?/m0/s1. The Labute approximate surface area is 100 Å². The lowest BCUT2D eigenvalue weighted by Crippen LogP contribution is -2.40. The molecule has 86 valence electrons. The largest absolute Gasteiger partial charge is 0.487 e. The Bertz CT molecular complexity index is 428. The molecule has 0 amide bonds. The van der Waals surface area contributed by atoms with Gasteiger partial charge >= 0.3 is 0 Å². The van der Waals surface area contributed by atoms with Crippen molar-refractivity contribution in [2.45, 2.75) is 37.9 Å². The fraction of sp³-hybridized carbons (Fsp3) is 0.538. The highest BCUT2D eigenvalue weighted by Crippen LogP contribution is 2.50. The summed E-state index contributed by atoms with van der Waals surface area (Å²) in [6.45, 7) is 2.10. The van der Waals surface area contributed by atoms with E-state index in [4.69, 9.17) is 16.3 Å². The van der Waals surface area contributed by atoms with Crippen LogP contribution in [0.3, 0.4) is 0 Å². The second kappa shape index (κ2) is 3.38. The van der Waals surface area contributed by atoms with Crippen molar-refractivity contribution in [3.05, 3.63) is 28.8 Å². The van der Waals surface area contributed by atoms with E-state index in [1.54, 1.807) is 6.07 Å². The summed E-state index contributed by atoms with van der Waals surface area (Å²) in [6, 6.07) is 5.47. The summed E-state index contributed by atoms with van der Waals surface area (Å²) >= 11 is 5.92. The number of rotatable bonds is 1. The molecule has 0 saturated heterocycles. The summed E-state index contributed by atoms with van der Waals surface area (Å²) in [5, 5.41) is 10.8. The van der Waals surface area contributed by atoms with Gasteiger partial charge in [0.2, 0.25) is 0 Å². The molecule has 1 saturated carbocycles. The first kappa shape index (κ1) is 10.4. The molecule has 1 N–H and O–H groups in total. The molecular weight excluding hydrogens is 224 g/mol. The molecule has 3 heteroatoms. The Morgan fingerprint density at radius 1 is 1.44 bits per heavy atom. The van der Waals surface area contributed by atoms with E-state index in [0.717, 1.165) is 11.3 Å². The zero-order valence-electron chi connectivity index (χ0n) is 9.24. The maximum absolute atomic E-state index is 10.2. The fourth-order valence-corrected chi connectivity index (χ4v) is 2.78. The van der Waals surface area contributed by atoms with Crippen LogP contribution < -0.4 is 4.74 Å². The van der Waals surface area contributed by atoms with Gasteiger partial charge in [0.05, 0.1) is 6.10 Å². The predicted molar refractivity (Wildman–Crippen MR) is 62.8 cm³/mol. The molecular formula is C13H15ClO2. The van der Waals surface area contributed by atoms with Crippen LogP contribution >= 0.6 is 11.6 Å². The van der Waals surface area contributed by atoms with Gasteiger partial charge in [0.25, 0.3) is 0 Å². The lowest BCUT2D eigenvalue weighted by Gasteiger charge is -2.38. The average molecular weight is 239 g/mol. The Morgan fingerprint density at radius 3 is 2.88 bits per heavy atom. The molecule has 2 aliphatic rings. The van der Waals surface area contributed by atoms with Crippen molar-refractivity contribution in [2.75, 3.05) is 0 Å². The smallest absolute Gasteiger partial charge is 0.126 e. The molecule has 0 radical (unpaired) electrons. The van der Waals surface area contributed by atoms with Gasteiger partial charge in [0, 0.05) is 17.0 Å². The Hall–Kier alpha value is -0.730. The van der Waals surface area contributed by atoms with Crippen LogP contribution in [0.5, 0.6) is 5.75 Å². The van der Waals surface area contributed by atoms with Crippen molar-refractivity contribution in [1.29, 1.82) is 0 Å². The molecule has 2 atom stereocenters. The number of ether oxygens (including phenoxy) is 1. The maximum Gasteiger partial charge on any atom is 0.126 e. The molecule has 1 aromatic carbocycles. The molecule has 3 rings (SSSR count). The Kier molecular flexibility index (Phi) is 2.20. The van der Waals surface area contributed by atoms with Gasteiger partial charge in [0.1, 0.15) is 11.4 Å². The van der Waals surface area contributed by atoms with E-state index in [0.29, 0.717) is 17.4 Å². The number of fused-ring (bicyclic) bond motifs is 1. The molecule has 16 heavy (non-hydrogen) atoms. The molecule has 1 heterocycles. The van der Waals surface area contributed by atoms with E-state index in [1.807, 2.05) is 12.1 Å². The summed E-state index contributed by atoms with van der Waals surface area (Å²) in [4.78, 5) is 0. The molecule has 1 fully saturated rings. The van der Waals surface area contributed by atoms with E-state index in [-0.39, 0.29) is 5.60 Å². The van der Waals surface area contributed by atoms with Gasteiger partial charge in [-0.05, 0) is 43.9 Å². The minimum atomic E-state index is -0.451. The zero-order valence-corrected chi connectivity index (χ0v) is 10.00. The monoisotopic (exact) mass is 238 g/mol. The third-order valence-electron chi connectivity index (χ3n) is 3.71. The fourth-order valence-electron chi connectivity index (χ4n) is 2.60. The zero-order chi connectivity index (χ0) is 11.3. The van der Waals surface area contributed by atoms with Crippen LogP contribution in [0.4, 0.5) is 0 Å². The first-order chi connectivity index (χ1) is 7.58. The van der Waals surface area contributed by atoms with Crippen molar-refractivity contribution >= 4 is 11.6 Å². The van der Waals surface area contributed by atoms with Gasteiger partial charge in [-0.2, -0.15) is 0 Å². The van der Waals surface area contributed by atoms with E-state index in [9.17, 15) is 5.11 Å². The molecule has 1 aliphatic carbocycles. The summed E-state index contributed by atoms with van der Waals surface area (Å²) in [5.74, 6) is 1.39. The van der Waals surface area contributed by atoms with E-state index in [2.05, 4.69) is 6.92 Å². The summed E-state index contributed by atoms with van der Waals surface area (Å²) < 4.78 is 6.05. The number of aliphatic hydroxyl groups is 1. The highest BCUT2D eigenvalue weighted by Gasteiger charge is 2.47. The highest BCUT2D eigenvalue weighted by atomic mass is 35.5. The molecule has 1 unspecified atom stereocenters. The SMILES string of the molecule is CC1(C2CC2)C[C@H](O)c2cc(Cl)ccc2O1. The molecule has 1 aromatic rings. The van der Waals surface area contributed by atoms with Crippen molar-refractivity contribution in [3.63, 3.8) is 0 Å². The minimum absolute atomic E-state index is 0.194. The predicted octanol–water partition coefficient (Wildman–Crippen LogP) is 3.32. The van der Waals surface area contributed by atoms with Gasteiger partial charge in [-0.15, -0.1) is 0 Å². The van der Waals surface area contributed by atoms with Gasteiger partial charge < -0.3 is 9.84 Å². The molecule has 1 aliphatic heterocycles. The van der Waals surface area contributed by atoms with E-state index in [1.165, 1.54) is 12.8 Å². The number of benzene rings is 1. The van der Waals surface area contributed by atoms with Crippen LogP contribution in [0.2, 0.25) is 5.02 Å². The van der Waals surface area contributed by atoms with E-state index < -0.39 is 6.10 Å². The first-order valence-electron chi connectivity index (χ1n) is 5.75. The van der Waals surface area contributed by atoms with Crippen molar-refractivity contribution in [1.82, 2.24) is 0 Å². The van der Waals surface area contributed by atoms with Crippen molar-refractivity contribution in [2.24, 2.45) is 5.92 Å². The number of hydrogen-bond acceptors (Lipinski definition) is 2. The van der Waals surface area contributed by atoms with Gasteiger partial charge in [-0.3, -0.25) is 0 Å². The van der Waals surface area contributed by atoms with Gasteiger partial charge in [-0.25, -0.2) is 0 Å². The topological polar surface area (TPSA) is 29.5 Å². The summed E-state index contributed by atoms with van der Waals surface area (Å²) in [7, 11) is 0. The van der Waals surface area contributed by atoms with Crippen LogP contribution in [0, 0.1) is 5.92 Å². The second-order valence-corrected chi connectivity index (χ2v) is 5.53. The van der Waals surface area contributed by atoms with Crippen LogP contribution in [0.25, 0.3) is 0 Å². The number of halogens is 1. The Balaban J connectivity index is 1.99. The van der Waals surface area contributed by atoms with Crippen LogP contribution in [-0.2, 0) is 0 Å². The minimum Gasteiger partial charge on any atom is -0.487 e. The molecule has 0 spiro atoms. The summed E-state index contributed by atoms with van der Waals surface area (Å²) in [5.41, 5.74) is 0.630. The second-order valence-electron chi connectivity index (χ2n) is 5.09. The molecule has 2 nitrogen and oxygen atoms in total. The highest BCUT2D eigenvalue weighted by molar-refractivity contribution is 6.30. The first-order valence-corrected chi connectivity index (χ1v) is 6.13. The maximum atomic E-state index is 10.2. The van der Waals surface area contributed by atoms with Gasteiger partial charge in [0.15, 0.2) is 0 Å². The molecule has 0 aromatic heterocycles. The number of hydrogen-bond donors (Lipinski definition) is 1. The summed E-state index contributed by atoms with van der Waals surface area (Å²) in [6.07, 6.45) is 2.65. The van der Waals surface area contributed by atoms with Crippen LogP contribution in [0.15, 0.2) is 18.2 Å². The van der Waals surface area contributed by atoms with Gasteiger partial charge in [-0.1, -0.05) is 11.6 Å². The van der Waals surface area contributed by atoms with E-state index >= 15 is 0 Å². The quantitative estimate of drug-likeness (QED) is 0.813. The lowest BCUT2D eigenvalue weighted by atomic mass is 9.87. The Morgan fingerprint density at radius 2 is 2.19 bits per heavy atom. The third-order valence-corrected chi connectivity index (χ3v) is 3.95. The lowest BCUT2D eigenvalue weighted by molar-refractivity contribution is -0.0166. The van der Waals surface area contributed by atoms with Crippen molar-refractivity contribution in [3.8, 4) is 5.75 Å². The average Bonchev–Trinajstić information content (AvgIpc) is 3.03. The third kappa shape index (κ3) is 1.61. The van der Waals surface area contributed by atoms with Crippen LogP contribution in [-0.4, -0.2) is 10.7 Å². The van der Waals surface area contributed by atoms with Crippen LogP contribution in [0.1, 0.15) is 37.9 Å². The van der Waals surface area contributed by atoms with Crippen molar-refractivity contribution < 1.29 is 9.84 Å².